The van der Waals surface area contributed by atoms with Crippen molar-refractivity contribution in [2.45, 2.75) is 62.1 Å². The quantitative estimate of drug-likeness (QED) is 0.807. The molecule has 2 N–H and O–H groups in total. The van der Waals surface area contributed by atoms with E-state index in [-0.39, 0.29) is 12.6 Å². The van der Waals surface area contributed by atoms with Crippen LogP contribution in [0.4, 0.5) is 0 Å². The highest BCUT2D eigenvalue weighted by atomic mass is 32.2. The number of aliphatic hydroxyl groups excluding tert-OH is 1. The molecule has 1 aromatic heterocycles. The highest BCUT2D eigenvalue weighted by Gasteiger charge is 2.26. The fourth-order valence-corrected chi connectivity index (χ4v) is 5.67. The van der Waals surface area contributed by atoms with Crippen molar-refractivity contribution in [3.05, 3.63) is 17.0 Å². The number of hydrogen-bond acceptors (Lipinski definition) is 4. The molecule has 1 fully saturated rings. The van der Waals surface area contributed by atoms with Crippen molar-refractivity contribution in [3.63, 3.8) is 0 Å². The number of rotatable bonds is 7. The number of hydrogen-bond donors (Lipinski definition) is 2. The van der Waals surface area contributed by atoms with Crippen molar-refractivity contribution in [1.82, 2.24) is 4.72 Å². The lowest BCUT2D eigenvalue weighted by molar-refractivity contribution is 0.297. The molecule has 0 radical (unpaired) electrons. The monoisotopic (exact) mass is 331 g/mol. The molecular weight excluding hydrogens is 306 g/mol. The van der Waals surface area contributed by atoms with Crippen LogP contribution < -0.4 is 4.72 Å². The van der Waals surface area contributed by atoms with Crippen LogP contribution in [0.1, 0.15) is 50.3 Å². The number of thiophene rings is 1. The minimum absolute atomic E-state index is 0.0505. The lowest BCUT2D eigenvalue weighted by atomic mass is 9.84. The zero-order chi connectivity index (χ0) is 15.3. The summed E-state index contributed by atoms with van der Waals surface area (Å²) in [5.74, 6) is 0.772. The van der Waals surface area contributed by atoms with Crippen LogP contribution in [0.15, 0.2) is 16.3 Å². The van der Waals surface area contributed by atoms with Gasteiger partial charge in [-0.2, -0.15) is 0 Å². The van der Waals surface area contributed by atoms with Crippen molar-refractivity contribution >= 4 is 21.4 Å². The molecule has 120 valence electrons. The number of sulfonamides is 1. The summed E-state index contributed by atoms with van der Waals surface area (Å²) in [6.07, 6.45) is 7.13. The van der Waals surface area contributed by atoms with Crippen molar-refractivity contribution in [2.24, 2.45) is 5.92 Å². The van der Waals surface area contributed by atoms with Crippen LogP contribution in [0, 0.1) is 5.92 Å². The minimum Gasteiger partial charge on any atom is -0.396 e. The molecule has 0 saturated heterocycles. The third-order valence-corrected chi connectivity index (χ3v) is 7.28. The van der Waals surface area contributed by atoms with E-state index in [1.165, 1.54) is 24.2 Å². The Balaban J connectivity index is 1.92. The van der Waals surface area contributed by atoms with Gasteiger partial charge >= 0.3 is 0 Å². The highest BCUT2D eigenvalue weighted by molar-refractivity contribution is 7.91. The number of aliphatic hydroxyl groups is 1. The Kier molecular flexibility index (Phi) is 6.22. The van der Waals surface area contributed by atoms with Gasteiger partial charge in [-0.25, -0.2) is 13.1 Å². The van der Waals surface area contributed by atoms with Crippen LogP contribution >= 0.6 is 11.3 Å². The van der Waals surface area contributed by atoms with Gasteiger partial charge in [-0.05, 0) is 43.7 Å². The molecule has 0 unspecified atom stereocenters. The fraction of sp³-hybridized carbons (Fsp3) is 0.733. The standard InChI is InChI=1S/C15H25NO3S2/c1-2-3-12-4-6-13(7-5-12)16-21(18,19)15-9-8-14(20-15)10-11-17/h8-9,12-13,16-17H,2-7,10-11H2,1H3. The average molecular weight is 332 g/mol. The molecule has 1 aliphatic carbocycles. The van der Waals surface area contributed by atoms with Gasteiger partial charge < -0.3 is 5.11 Å². The van der Waals surface area contributed by atoms with Crippen molar-refractivity contribution in [3.8, 4) is 0 Å². The molecule has 0 bridgehead atoms. The summed E-state index contributed by atoms with van der Waals surface area (Å²) in [5, 5.41) is 8.90. The fourth-order valence-electron chi connectivity index (χ4n) is 3.00. The summed E-state index contributed by atoms with van der Waals surface area (Å²) >= 11 is 1.25. The van der Waals surface area contributed by atoms with Gasteiger partial charge in [0.05, 0.1) is 0 Å². The largest absolute Gasteiger partial charge is 0.396 e. The lowest BCUT2D eigenvalue weighted by Gasteiger charge is -2.28. The third kappa shape index (κ3) is 4.77. The van der Waals surface area contributed by atoms with Crippen molar-refractivity contribution in [1.29, 1.82) is 0 Å². The topological polar surface area (TPSA) is 66.4 Å². The second-order valence-electron chi connectivity index (χ2n) is 5.82. The Morgan fingerprint density at radius 1 is 1.29 bits per heavy atom. The Morgan fingerprint density at radius 2 is 2.00 bits per heavy atom. The van der Waals surface area contributed by atoms with Crippen LogP contribution in [0.3, 0.4) is 0 Å². The van der Waals surface area contributed by atoms with E-state index < -0.39 is 10.0 Å². The van der Waals surface area contributed by atoms with Gasteiger partial charge in [0.2, 0.25) is 10.0 Å². The van der Waals surface area contributed by atoms with Crippen LogP contribution in [0.2, 0.25) is 0 Å². The molecule has 0 aliphatic heterocycles. The maximum Gasteiger partial charge on any atom is 0.250 e. The second kappa shape index (κ2) is 7.72. The summed E-state index contributed by atoms with van der Waals surface area (Å²) in [6.45, 7) is 2.25. The Hall–Kier alpha value is -0.430. The highest BCUT2D eigenvalue weighted by Crippen LogP contribution is 2.29. The van der Waals surface area contributed by atoms with Gasteiger partial charge in [-0.1, -0.05) is 19.8 Å². The average Bonchev–Trinajstić information content (AvgIpc) is 2.91. The van der Waals surface area contributed by atoms with Gasteiger partial charge in [0, 0.05) is 23.9 Å². The molecule has 0 atom stereocenters. The summed E-state index contributed by atoms with van der Waals surface area (Å²) < 4.78 is 27.9. The molecule has 2 rings (SSSR count). The van der Waals surface area contributed by atoms with Gasteiger partial charge in [0.15, 0.2) is 0 Å². The van der Waals surface area contributed by atoms with Crippen molar-refractivity contribution < 1.29 is 13.5 Å². The SMILES string of the molecule is CCCC1CCC(NS(=O)(=O)c2ccc(CCO)s2)CC1. The molecule has 21 heavy (non-hydrogen) atoms. The predicted octanol–water partition coefficient (Wildman–Crippen LogP) is 2.92. The van der Waals surface area contributed by atoms with Gasteiger partial charge in [-0.3, -0.25) is 0 Å². The molecule has 1 aliphatic rings. The zero-order valence-electron chi connectivity index (χ0n) is 12.5. The van der Waals surface area contributed by atoms with Crippen LogP contribution in [-0.2, 0) is 16.4 Å². The maximum absolute atomic E-state index is 12.4. The van der Waals surface area contributed by atoms with Crippen LogP contribution in [-0.4, -0.2) is 26.2 Å². The Labute approximate surface area is 131 Å². The minimum atomic E-state index is -3.40. The van der Waals surface area contributed by atoms with E-state index in [1.807, 2.05) is 0 Å². The van der Waals surface area contributed by atoms with Crippen LogP contribution in [0.5, 0.6) is 0 Å². The Morgan fingerprint density at radius 3 is 2.62 bits per heavy atom. The van der Waals surface area contributed by atoms with Crippen molar-refractivity contribution in [2.75, 3.05) is 6.61 Å². The summed E-state index contributed by atoms with van der Waals surface area (Å²) in [6, 6.07) is 3.50. The summed E-state index contributed by atoms with van der Waals surface area (Å²) in [4.78, 5) is 0.907. The lowest BCUT2D eigenvalue weighted by Crippen LogP contribution is -2.37. The first-order valence-electron chi connectivity index (χ1n) is 7.77. The number of nitrogens with one attached hydrogen (secondary N) is 1. The first kappa shape index (κ1) is 16.9. The third-order valence-electron chi connectivity index (χ3n) is 4.13. The zero-order valence-corrected chi connectivity index (χ0v) is 14.2. The van der Waals surface area contributed by atoms with E-state index in [2.05, 4.69) is 11.6 Å². The summed E-state index contributed by atoms with van der Waals surface area (Å²) in [5.41, 5.74) is 0. The van der Waals surface area contributed by atoms with Crippen LogP contribution in [0.25, 0.3) is 0 Å². The predicted molar refractivity (Wildman–Crippen MR) is 86.1 cm³/mol. The summed E-state index contributed by atoms with van der Waals surface area (Å²) in [7, 11) is -3.40. The first-order valence-corrected chi connectivity index (χ1v) is 10.1. The maximum atomic E-state index is 12.4. The Bertz CT molecular complexity index is 531. The van der Waals surface area contributed by atoms with E-state index in [9.17, 15) is 8.42 Å². The molecule has 1 heterocycles. The van der Waals surface area contributed by atoms with Gasteiger partial charge in [-0.15, -0.1) is 11.3 Å². The van der Waals surface area contributed by atoms with E-state index >= 15 is 0 Å². The smallest absolute Gasteiger partial charge is 0.250 e. The normalized spacial score (nSPS) is 23.3. The van der Waals surface area contributed by atoms with E-state index in [1.54, 1.807) is 12.1 Å². The molecular formula is C15H25NO3S2. The van der Waals surface area contributed by atoms with Gasteiger partial charge in [0.1, 0.15) is 4.21 Å². The molecule has 1 aromatic rings. The second-order valence-corrected chi connectivity index (χ2v) is 8.93. The molecule has 0 amide bonds. The van der Waals surface area contributed by atoms with E-state index in [0.29, 0.717) is 10.6 Å². The molecule has 6 heteroatoms. The molecule has 1 saturated carbocycles. The molecule has 4 nitrogen and oxygen atoms in total. The van der Waals surface area contributed by atoms with E-state index in [4.69, 9.17) is 5.11 Å². The van der Waals surface area contributed by atoms with E-state index in [0.717, 1.165) is 36.5 Å². The first-order chi connectivity index (χ1) is 10.0. The van der Waals surface area contributed by atoms with Gasteiger partial charge in [0.25, 0.3) is 0 Å². The molecule has 0 spiro atoms. The molecule has 0 aromatic carbocycles.